The third kappa shape index (κ3) is 7.37. The van der Waals surface area contributed by atoms with E-state index < -0.39 is 0 Å². The molecule has 0 saturated carbocycles. The van der Waals surface area contributed by atoms with E-state index in [4.69, 9.17) is 9.47 Å². The third-order valence-electron chi connectivity index (χ3n) is 4.30. The molecule has 0 heterocycles. The zero-order valence-electron chi connectivity index (χ0n) is 17.6. The molecule has 0 fully saturated rings. The predicted octanol–water partition coefficient (Wildman–Crippen LogP) is 2.42. The number of aliphatic imine (C=N–C) groups is 1. The van der Waals surface area contributed by atoms with E-state index in [0.29, 0.717) is 19.0 Å². The molecule has 0 atom stereocenters. The van der Waals surface area contributed by atoms with Gasteiger partial charge in [0.25, 0.3) is 0 Å². The number of carbonyl (C=O) groups excluding carboxylic acids is 1. The normalized spacial score (nSPS) is 11.0. The van der Waals surface area contributed by atoms with Crippen molar-refractivity contribution < 1.29 is 14.3 Å². The van der Waals surface area contributed by atoms with Crippen molar-refractivity contribution >= 4 is 11.9 Å². The van der Waals surface area contributed by atoms with Gasteiger partial charge < -0.3 is 25.0 Å². The Bertz CT molecular complexity index is 789. The van der Waals surface area contributed by atoms with Gasteiger partial charge >= 0.3 is 0 Å². The van der Waals surface area contributed by atoms with Crippen LogP contribution in [0.4, 0.5) is 0 Å². The average molecular weight is 399 g/mol. The maximum atomic E-state index is 12.2. The monoisotopic (exact) mass is 398 g/mol. The van der Waals surface area contributed by atoms with Gasteiger partial charge in [-0.05, 0) is 42.3 Å². The number of benzene rings is 2. The quantitative estimate of drug-likeness (QED) is 0.501. The standard InChI is InChI=1S/C22H30N4O3/c1-5-23-22(26(2)16-18-8-12-20(29-4)13-9-18)25-15-21(27)24-14-17-6-10-19(28-3)11-7-17/h6-13H,5,14-16H2,1-4H3,(H,23,25)(H,24,27). The number of guanidine groups is 1. The molecule has 0 unspecified atom stereocenters. The SMILES string of the molecule is CCNC(=NCC(=O)NCc1ccc(OC)cc1)N(C)Cc1ccc(OC)cc1. The number of hydrogen-bond acceptors (Lipinski definition) is 4. The van der Waals surface area contributed by atoms with E-state index in [1.165, 1.54) is 0 Å². The molecule has 0 aliphatic carbocycles. The van der Waals surface area contributed by atoms with Crippen molar-refractivity contribution in [3.63, 3.8) is 0 Å². The van der Waals surface area contributed by atoms with Gasteiger partial charge in [0.1, 0.15) is 18.0 Å². The molecule has 2 rings (SSSR count). The number of rotatable bonds is 9. The second-order valence-electron chi connectivity index (χ2n) is 6.50. The fourth-order valence-electron chi connectivity index (χ4n) is 2.70. The summed E-state index contributed by atoms with van der Waals surface area (Å²) in [6.45, 7) is 3.91. The lowest BCUT2D eigenvalue weighted by molar-refractivity contribution is -0.119. The van der Waals surface area contributed by atoms with E-state index in [2.05, 4.69) is 15.6 Å². The van der Waals surface area contributed by atoms with E-state index in [-0.39, 0.29) is 12.5 Å². The minimum absolute atomic E-state index is 0.0610. The fraction of sp³-hybridized carbons (Fsp3) is 0.364. The number of amides is 1. The molecule has 0 aliphatic rings. The summed E-state index contributed by atoms with van der Waals surface area (Å²) in [4.78, 5) is 18.6. The van der Waals surface area contributed by atoms with E-state index in [9.17, 15) is 4.79 Å². The lowest BCUT2D eigenvalue weighted by Gasteiger charge is -2.22. The molecule has 2 aromatic rings. The van der Waals surface area contributed by atoms with Crippen LogP contribution in [-0.4, -0.2) is 51.1 Å². The van der Waals surface area contributed by atoms with E-state index in [1.807, 2.05) is 67.4 Å². The van der Waals surface area contributed by atoms with Crippen molar-refractivity contribution in [3.8, 4) is 11.5 Å². The number of ether oxygens (including phenoxy) is 2. The van der Waals surface area contributed by atoms with Crippen LogP contribution in [0.3, 0.4) is 0 Å². The van der Waals surface area contributed by atoms with Gasteiger partial charge in [0, 0.05) is 26.7 Å². The number of nitrogens with zero attached hydrogens (tertiary/aromatic N) is 2. The van der Waals surface area contributed by atoms with Crippen LogP contribution in [0.15, 0.2) is 53.5 Å². The fourth-order valence-corrected chi connectivity index (χ4v) is 2.70. The van der Waals surface area contributed by atoms with Crippen LogP contribution < -0.4 is 20.1 Å². The van der Waals surface area contributed by atoms with Gasteiger partial charge in [-0.3, -0.25) is 4.79 Å². The first-order valence-electron chi connectivity index (χ1n) is 9.57. The Kier molecular flexibility index (Phi) is 8.82. The second-order valence-corrected chi connectivity index (χ2v) is 6.50. The lowest BCUT2D eigenvalue weighted by Crippen LogP contribution is -2.39. The first-order valence-corrected chi connectivity index (χ1v) is 9.57. The number of nitrogens with one attached hydrogen (secondary N) is 2. The van der Waals surface area contributed by atoms with Crippen molar-refractivity contribution in [1.29, 1.82) is 0 Å². The minimum atomic E-state index is -0.130. The summed E-state index contributed by atoms with van der Waals surface area (Å²) in [6, 6.07) is 15.5. The van der Waals surface area contributed by atoms with Crippen molar-refractivity contribution in [2.24, 2.45) is 4.99 Å². The summed E-state index contributed by atoms with van der Waals surface area (Å²) in [5, 5.41) is 6.11. The van der Waals surface area contributed by atoms with Crippen LogP contribution in [0.5, 0.6) is 11.5 Å². The van der Waals surface area contributed by atoms with Gasteiger partial charge in [-0.25, -0.2) is 4.99 Å². The third-order valence-corrected chi connectivity index (χ3v) is 4.30. The highest BCUT2D eigenvalue weighted by Crippen LogP contribution is 2.13. The van der Waals surface area contributed by atoms with E-state index in [1.54, 1.807) is 14.2 Å². The van der Waals surface area contributed by atoms with Crippen molar-refractivity contribution in [2.45, 2.75) is 20.0 Å². The maximum Gasteiger partial charge on any atom is 0.242 e. The molecule has 0 radical (unpaired) electrons. The summed E-state index contributed by atoms with van der Waals surface area (Å²) in [6.07, 6.45) is 0. The molecule has 7 nitrogen and oxygen atoms in total. The molecule has 2 aromatic carbocycles. The zero-order valence-corrected chi connectivity index (χ0v) is 17.6. The Balaban J connectivity index is 1.89. The van der Waals surface area contributed by atoms with Crippen LogP contribution in [-0.2, 0) is 17.9 Å². The van der Waals surface area contributed by atoms with Gasteiger partial charge in [0.05, 0.1) is 14.2 Å². The molecule has 0 aromatic heterocycles. The minimum Gasteiger partial charge on any atom is -0.497 e. The Morgan fingerprint density at radius 3 is 2.00 bits per heavy atom. The summed E-state index contributed by atoms with van der Waals surface area (Å²) in [5.41, 5.74) is 2.13. The molecule has 2 N–H and O–H groups in total. The molecular weight excluding hydrogens is 368 g/mol. The van der Waals surface area contributed by atoms with Gasteiger partial charge in [0.2, 0.25) is 5.91 Å². The van der Waals surface area contributed by atoms with Crippen LogP contribution in [0.2, 0.25) is 0 Å². The Morgan fingerprint density at radius 1 is 0.931 bits per heavy atom. The largest absolute Gasteiger partial charge is 0.497 e. The molecule has 0 saturated heterocycles. The van der Waals surface area contributed by atoms with Crippen molar-refractivity contribution in [3.05, 3.63) is 59.7 Å². The van der Waals surface area contributed by atoms with Crippen LogP contribution in [0.1, 0.15) is 18.1 Å². The van der Waals surface area contributed by atoms with E-state index in [0.717, 1.165) is 29.2 Å². The maximum absolute atomic E-state index is 12.2. The van der Waals surface area contributed by atoms with Crippen molar-refractivity contribution in [2.75, 3.05) is 34.4 Å². The van der Waals surface area contributed by atoms with Gasteiger partial charge in [0.15, 0.2) is 5.96 Å². The lowest BCUT2D eigenvalue weighted by atomic mass is 10.2. The molecule has 0 aliphatic heterocycles. The smallest absolute Gasteiger partial charge is 0.242 e. The number of carbonyl (C=O) groups is 1. The van der Waals surface area contributed by atoms with Crippen LogP contribution >= 0.6 is 0 Å². The molecule has 7 heteroatoms. The summed E-state index contributed by atoms with van der Waals surface area (Å²) >= 11 is 0. The van der Waals surface area contributed by atoms with E-state index >= 15 is 0 Å². The Morgan fingerprint density at radius 2 is 1.48 bits per heavy atom. The van der Waals surface area contributed by atoms with Crippen LogP contribution in [0.25, 0.3) is 0 Å². The summed E-state index contributed by atoms with van der Waals surface area (Å²) in [7, 11) is 5.22. The predicted molar refractivity (Wildman–Crippen MR) is 115 cm³/mol. The Labute approximate surface area is 172 Å². The van der Waals surface area contributed by atoms with Crippen molar-refractivity contribution in [1.82, 2.24) is 15.5 Å². The molecule has 0 bridgehead atoms. The highest BCUT2D eigenvalue weighted by atomic mass is 16.5. The molecular formula is C22H30N4O3. The van der Waals surface area contributed by atoms with Gasteiger partial charge in [-0.15, -0.1) is 0 Å². The Hall–Kier alpha value is -3.22. The second kappa shape index (κ2) is 11.6. The zero-order chi connectivity index (χ0) is 21.1. The van der Waals surface area contributed by atoms with Crippen LogP contribution in [0, 0.1) is 0 Å². The first-order chi connectivity index (χ1) is 14.0. The average Bonchev–Trinajstić information content (AvgIpc) is 2.76. The highest BCUT2D eigenvalue weighted by Gasteiger charge is 2.08. The topological polar surface area (TPSA) is 75.2 Å². The van der Waals surface area contributed by atoms with Gasteiger partial charge in [-0.1, -0.05) is 24.3 Å². The summed E-state index contributed by atoms with van der Waals surface area (Å²) < 4.78 is 10.3. The molecule has 0 spiro atoms. The number of hydrogen-bond donors (Lipinski definition) is 2. The summed E-state index contributed by atoms with van der Waals surface area (Å²) in [5.74, 6) is 2.17. The molecule has 29 heavy (non-hydrogen) atoms. The van der Waals surface area contributed by atoms with Gasteiger partial charge in [-0.2, -0.15) is 0 Å². The molecule has 1 amide bonds. The highest BCUT2D eigenvalue weighted by molar-refractivity contribution is 5.84. The first kappa shape index (κ1) is 22.1. The number of methoxy groups -OCH3 is 2. The molecule has 156 valence electrons.